The third-order valence-electron chi connectivity index (χ3n) is 5.66. The van der Waals surface area contributed by atoms with Gasteiger partial charge in [0.25, 0.3) is 5.91 Å². The Labute approximate surface area is 174 Å². The second-order valence-corrected chi connectivity index (χ2v) is 8.19. The predicted molar refractivity (Wildman–Crippen MR) is 108 cm³/mol. The molecule has 7 nitrogen and oxygen atoms in total. The number of nitrogens with one attached hydrogen (secondary N) is 2. The zero-order chi connectivity index (χ0) is 21.1. The molecule has 0 spiro atoms. The van der Waals surface area contributed by atoms with Crippen LogP contribution in [0.15, 0.2) is 18.3 Å². The summed E-state index contributed by atoms with van der Waals surface area (Å²) in [6, 6.07) is 3.14. The number of carbonyl (C=O) groups is 1. The summed E-state index contributed by atoms with van der Waals surface area (Å²) in [6.07, 6.45) is 5.55. The van der Waals surface area contributed by atoms with Crippen molar-refractivity contribution in [2.45, 2.75) is 52.0 Å². The van der Waals surface area contributed by atoms with Gasteiger partial charge in [-0.2, -0.15) is 13.9 Å². The normalized spacial score (nSPS) is 18.7. The van der Waals surface area contributed by atoms with Gasteiger partial charge < -0.3 is 20.1 Å². The second-order valence-electron chi connectivity index (χ2n) is 8.19. The number of fused-ring (bicyclic) bond motifs is 1. The molecule has 0 bridgehead atoms. The average molecular weight is 422 g/mol. The first-order chi connectivity index (χ1) is 14.5. The van der Waals surface area contributed by atoms with Crippen LogP contribution in [0.2, 0.25) is 0 Å². The zero-order valence-electron chi connectivity index (χ0n) is 17.1. The van der Waals surface area contributed by atoms with Crippen LogP contribution in [0.3, 0.4) is 0 Å². The lowest BCUT2D eigenvalue weighted by atomic mass is 9.98. The van der Waals surface area contributed by atoms with Gasteiger partial charge in [-0.05, 0) is 69.7 Å². The lowest BCUT2D eigenvalue weighted by molar-refractivity contribution is -0.0491. The van der Waals surface area contributed by atoms with E-state index in [9.17, 15) is 13.6 Å². The summed E-state index contributed by atoms with van der Waals surface area (Å²) in [7, 11) is 0. The van der Waals surface area contributed by atoms with Crippen LogP contribution in [0.4, 0.5) is 8.78 Å². The van der Waals surface area contributed by atoms with Gasteiger partial charge in [0, 0.05) is 12.7 Å². The molecule has 2 aliphatic rings. The maximum Gasteiger partial charge on any atom is 0.387 e. The van der Waals surface area contributed by atoms with Crippen LogP contribution in [-0.4, -0.2) is 48.2 Å². The fourth-order valence-corrected chi connectivity index (χ4v) is 3.80. The Morgan fingerprint density at radius 2 is 2.03 bits per heavy atom. The SMILES string of the molecule is CC(NC(=O)c1ccc2nn(CC3CCNCC3)cc2c1OC(F)F)OCC1CC1. The fourth-order valence-electron chi connectivity index (χ4n) is 3.80. The number of amides is 1. The number of aromatic nitrogens is 2. The van der Waals surface area contributed by atoms with E-state index in [1.54, 1.807) is 23.9 Å². The number of ether oxygens (including phenoxy) is 2. The summed E-state index contributed by atoms with van der Waals surface area (Å²) in [6.45, 7) is 1.91. The molecule has 2 fully saturated rings. The highest BCUT2D eigenvalue weighted by atomic mass is 19.3. The highest BCUT2D eigenvalue weighted by Crippen LogP contribution is 2.32. The highest BCUT2D eigenvalue weighted by molar-refractivity contribution is 6.03. The molecular formula is C21H28F2N4O3. The summed E-state index contributed by atoms with van der Waals surface area (Å²) in [4.78, 5) is 12.7. The molecule has 2 aromatic rings. The Morgan fingerprint density at radius 3 is 2.73 bits per heavy atom. The molecule has 1 aliphatic heterocycles. The Bertz CT molecular complexity index is 879. The quantitative estimate of drug-likeness (QED) is 0.607. The number of alkyl halides is 2. The maximum absolute atomic E-state index is 13.1. The van der Waals surface area contributed by atoms with Crippen molar-refractivity contribution in [3.8, 4) is 5.75 Å². The minimum atomic E-state index is -3.04. The molecule has 0 radical (unpaired) electrons. The van der Waals surface area contributed by atoms with Crippen molar-refractivity contribution < 1.29 is 23.0 Å². The van der Waals surface area contributed by atoms with Crippen LogP contribution in [-0.2, 0) is 11.3 Å². The molecular weight excluding hydrogens is 394 g/mol. The molecule has 1 unspecified atom stereocenters. The minimum Gasteiger partial charge on any atom is -0.433 e. The van der Waals surface area contributed by atoms with Crippen LogP contribution >= 0.6 is 0 Å². The number of piperidine rings is 1. The van der Waals surface area contributed by atoms with Gasteiger partial charge in [0.2, 0.25) is 0 Å². The van der Waals surface area contributed by atoms with Crippen molar-refractivity contribution in [3.05, 3.63) is 23.9 Å². The van der Waals surface area contributed by atoms with E-state index in [0.29, 0.717) is 35.9 Å². The number of halogens is 2. The Kier molecular flexibility index (Phi) is 6.48. The molecule has 1 aromatic carbocycles. The molecule has 1 atom stereocenters. The van der Waals surface area contributed by atoms with Gasteiger partial charge in [-0.1, -0.05) is 0 Å². The van der Waals surface area contributed by atoms with E-state index in [4.69, 9.17) is 9.47 Å². The summed E-state index contributed by atoms with van der Waals surface area (Å²) in [5, 5.41) is 10.9. The molecule has 1 aromatic heterocycles. The third kappa shape index (κ3) is 5.26. The summed E-state index contributed by atoms with van der Waals surface area (Å²) in [5.41, 5.74) is 0.570. The second kappa shape index (κ2) is 9.26. The smallest absolute Gasteiger partial charge is 0.387 e. The number of hydrogen-bond acceptors (Lipinski definition) is 5. The molecule has 1 saturated carbocycles. The molecule has 1 aliphatic carbocycles. The van der Waals surface area contributed by atoms with Gasteiger partial charge in [0.1, 0.15) is 12.0 Å². The van der Waals surface area contributed by atoms with E-state index in [2.05, 4.69) is 15.7 Å². The molecule has 164 valence electrons. The Balaban J connectivity index is 1.54. The molecule has 1 amide bonds. The van der Waals surface area contributed by atoms with E-state index in [1.807, 2.05) is 0 Å². The monoisotopic (exact) mass is 422 g/mol. The lowest BCUT2D eigenvalue weighted by Crippen LogP contribution is -2.35. The number of carbonyl (C=O) groups excluding carboxylic acids is 1. The highest BCUT2D eigenvalue weighted by Gasteiger charge is 2.25. The van der Waals surface area contributed by atoms with Gasteiger partial charge in [0.05, 0.1) is 23.1 Å². The zero-order valence-corrected chi connectivity index (χ0v) is 17.1. The third-order valence-corrected chi connectivity index (χ3v) is 5.66. The van der Waals surface area contributed by atoms with E-state index in [0.717, 1.165) is 38.8 Å². The molecule has 9 heteroatoms. The van der Waals surface area contributed by atoms with E-state index >= 15 is 0 Å². The van der Waals surface area contributed by atoms with Crippen LogP contribution in [0.1, 0.15) is 43.0 Å². The van der Waals surface area contributed by atoms with Gasteiger partial charge in [0.15, 0.2) is 0 Å². The Hall–Kier alpha value is -2.26. The summed E-state index contributed by atoms with van der Waals surface area (Å²) < 4.78 is 38.4. The van der Waals surface area contributed by atoms with Crippen LogP contribution in [0.25, 0.3) is 10.9 Å². The molecule has 1 saturated heterocycles. The number of benzene rings is 1. The van der Waals surface area contributed by atoms with Gasteiger partial charge >= 0.3 is 6.61 Å². The van der Waals surface area contributed by atoms with Crippen molar-refractivity contribution in [3.63, 3.8) is 0 Å². The number of hydrogen-bond donors (Lipinski definition) is 2. The largest absolute Gasteiger partial charge is 0.433 e. The average Bonchev–Trinajstić information content (AvgIpc) is 3.45. The predicted octanol–water partition coefficient (Wildman–Crippen LogP) is 3.14. The Morgan fingerprint density at radius 1 is 1.27 bits per heavy atom. The van der Waals surface area contributed by atoms with Gasteiger partial charge in [-0.15, -0.1) is 0 Å². The first-order valence-electron chi connectivity index (χ1n) is 10.6. The van der Waals surface area contributed by atoms with Crippen molar-refractivity contribution >= 4 is 16.8 Å². The molecule has 2 heterocycles. The van der Waals surface area contributed by atoms with Crippen molar-refractivity contribution in [2.24, 2.45) is 11.8 Å². The topological polar surface area (TPSA) is 77.4 Å². The van der Waals surface area contributed by atoms with Crippen molar-refractivity contribution in [2.75, 3.05) is 19.7 Å². The van der Waals surface area contributed by atoms with Gasteiger partial charge in [-0.3, -0.25) is 9.48 Å². The van der Waals surface area contributed by atoms with E-state index < -0.39 is 18.7 Å². The molecule has 30 heavy (non-hydrogen) atoms. The molecule has 2 N–H and O–H groups in total. The minimum absolute atomic E-state index is 0.0473. The first-order valence-corrected chi connectivity index (χ1v) is 10.6. The standard InChI is InChI=1S/C21H28F2N4O3/c1-13(29-12-15-2-3-15)25-20(28)16-4-5-18-17(19(16)30-21(22)23)11-27(26-18)10-14-6-8-24-9-7-14/h4-5,11,13-15,21,24H,2-3,6-10,12H2,1H3,(H,25,28). The summed E-state index contributed by atoms with van der Waals surface area (Å²) >= 11 is 0. The van der Waals surface area contributed by atoms with Crippen LogP contribution < -0.4 is 15.4 Å². The molecule has 4 rings (SSSR count). The van der Waals surface area contributed by atoms with Crippen molar-refractivity contribution in [1.82, 2.24) is 20.4 Å². The van der Waals surface area contributed by atoms with Gasteiger partial charge in [-0.25, -0.2) is 0 Å². The van der Waals surface area contributed by atoms with Crippen molar-refractivity contribution in [1.29, 1.82) is 0 Å². The van der Waals surface area contributed by atoms with E-state index in [1.165, 1.54) is 6.07 Å². The number of rotatable bonds is 9. The van der Waals surface area contributed by atoms with Crippen LogP contribution in [0.5, 0.6) is 5.75 Å². The summed E-state index contributed by atoms with van der Waals surface area (Å²) in [5.74, 6) is 0.379. The van der Waals surface area contributed by atoms with E-state index in [-0.39, 0.29) is 11.3 Å². The lowest BCUT2D eigenvalue weighted by Gasteiger charge is -2.22. The maximum atomic E-state index is 13.1. The number of nitrogens with zero attached hydrogens (tertiary/aromatic N) is 2. The van der Waals surface area contributed by atoms with Crippen LogP contribution in [0, 0.1) is 11.8 Å². The first kappa shape index (κ1) is 21.0. The fraction of sp³-hybridized carbons (Fsp3) is 0.619.